The molecule has 23 heavy (non-hydrogen) atoms. The highest BCUT2D eigenvalue weighted by molar-refractivity contribution is 5.75. The predicted molar refractivity (Wildman–Crippen MR) is 82.3 cm³/mol. The van der Waals surface area contributed by atoms with Crippen LogP contribution in [0.5, 0.6) is 5.75 Å². The molecule has 3 N–H and O–H groups in total. The third-order valence-electron chi connectivity index (χ3n) is 4.35. The van der Waals surface area contributed by atoms with Crippen LogP contribution in [0.2, 0.25) is 0 Å². The smallest absolute Gasteiger partial charge is 0.315 e. The molecule has 2 aliphatic heterocycles. The zero-order chi connectivity index (χ0) is 16.2. The number of fused-ring (bicyclic) bond motifs is 1. The molecule has 7 heteroatoms. The van der Waals surface area contributed by atoms with Crippen LogP contribution in [0.15, 0.2) is 24.3 Å². The molecule has 0 aromatic heterocycles. The molecule has 1 aromatic rings. The number of nitrogens with one attached hydrogen (secondary N) is 2. The van der Waals surface area contributed by atoms with E-state index in [1.54, 1.807) is 7.11 Å². The lowest BCUT2D eigenvalue weighted by molar-refractivity contribution is 0.0739. The minimum Gasteiger partial charge on any atom is -0.493 e. The molecule has 2 amide bonds. The number of methoxy groups -OCH3 is 1. The average molecular weight is 322 g/mol. The second-order valence-corrected chi connectivity index (χ2v) is 5.81. The van der Waals surface area contributed by atoms with Crippen molar-refractivity contribution >= 4 is 6.03 Å². The zero-order valence-corrected chi connectivity index (χ0v) is 13.0. The molecule has 0 radical (unpaired) electrons. The van der Waals surface area contributed by atoms with Gasteiger partial charge < -0.3 is 30.0 Å². The lowest BCUT2D eigenvalue weighted by atomic mass is 9.91. The molecule has 4 atom stereocenters. The van der Waals surface area contributed by atoms with Crippen LogP contribution in [-0.4, -0.2) is 56.8 Å². The van der Waals surface area contributed by atoms with Gasteiger partial charge in [-0.2, -0.15) is 0 Å². The number of urea groups is 1. The second-order valence-electron chi connectivity index (χ2n) is 5.81. The predicted octanol–water partition coefficient (Wildman–Crippen LogP) is 0.442. The largest absolute Gasteiger partial charge is 0.493 e. The molecule has 3 rings (SSSR count). The van der Waals surface area contributed by atoms with E-state index >= 15 is 0 Å². The number of benzene rings is 1. The molecule has 0 saturated carbocycles. The molecule has 126 valence electrons. The summed E-state index contributed by atoms with van der Waals surface area (Å²) < 4.78 is 16.2. The van der Waals surface area contributed by atoms with Gasteiger partial charge in [0.05, 0.1) is 38.5 Å². The van der Waals surface area contributed by atoms with E-state index in [4.69, 9.17) is 14.2 Å². The maximum Gasteiger partial charge on any atom is 0.315 e. The number of aliphatic hydroxyl groups excluding tert-OH is 1. The number of amides is 2. The highest BCUT2D eigenvalue weighted by atomic mass is 16.5. The van der Waals surface area contributed by atoms with Gasteiger partial charge in [0.15, 0.2) is 0 Å². The molecular weight excluding hydrogens is 300 g/mol. The number of carbonyl (C=O) groups is 1. The summed E-state index contributed by atoms with van der Waals surface area (Å²) >= 11 is 0. The van der Waals surface area contributed by atoms with Gasteiger partial charge in [0.1, 0.15) is 11.9 Å². The van der Waals surface area contributed by atoms with Gasteiger partial charge in [0.2, 0.25) is 0 Å². The van der Waals surface area contributed by atoms with Crippen LogP contribution >= 0.6 is 0 Å². The van der Waals surface area contributed by atoms with Crippen molar-refractivity contribution in [2.45, 2.75) is 18.2 Å². The van der Waals surface area contributed by atoms with E-state index in [0.717, 1.165) is 11.3 Å². The summed E-state index contributed by atoms with van der Waals surface area (Å²) in [7, 11) is 1.60. The van der Waals surface area contributed by atoms with Gasteiger partial charge in [0.25, 0.3) is 0 Å². The Balaban J connectivity index is 1.69. The van der Waals surface area contributed by atoms with Gasteiger partial charge in [-0.1, -0.05) is 18.2 Å². The minimum atomic E-state index is -0.303. The normalized spacial score (nSPS) is 29.5. The number of rotatable bonds is 4. The van der Waals surface area contributed by atoms with Crippen molar-refractivity contribution in [3.05, 3.63) is 29.8 Å². The third-order valence-corrected chi connectivity index (χ3v) is 4.35. The maximum atomic E-state index is 12.3. The lowest BCUT2D eigenvalue weighted by Crippen LogP contribution is -2.50. The monoisotopic (exact) mass is 322 g/mol. The molecule has 0 unspecified atom stereocenters. The zero-order valence-electron chi connectivity index (χ0n) is 13.0. The quantitative estimate of drug-likeness (QED) is 0.749. The summed E-state index contributed by atoms with van der Waals surface area (Å²) in [5.41, 5.74) is 0.874. The van der Waals surface area contributed by atoms with Crippen molar-refractivity contribution in [3.63, 3.8) is 0 Å². The molecule has 0 spiro atoms. The van der Waals surface area contributed by atoms with Crippen molar-refractivity contribution in [3.8, 4) is 5.75 Å². The van der Waals surface area contributed by atoms with Gasteiger partial charge in [0, 0.05) is 18.6 Å². The Morgan fingerprint density at radius 2 is 2.13 bits per heavy atom. The lowest BCUT2D eigenvalue weighted by Gasteiger charge is -2.33. The maximum absolute atomic E-state index is 12.3. The van der Waals surface area contributed by atoms with Crippen LogP contribution < -0.4 is 15.4 Å². The Bertz CT molecular complexity index is 553. The first-order valence-electron chi connectivity index (χ1n) is 7.73. The van der Waals surface area contributed by atoms with Gasteiger partial charge in [-0.05, 0) is 6.07 Å². The van der Waals surface area contributed by atoms with Crippen molar-refractivity contribution < 1.29 is 24.1 Å². The van der Waals surface area contributed by atoms with Crippen molar-refractivity contribution in [1.82, 2.24) is 10.6 Å². The number of hydrogen-bond acceptors (Lipinski definition) is 5. The molecule has 2 aliphatic rings. The van der Waals surface area contributed by atoms with E-state index in [9.17, 15) is 9.90 Å². The van der Waals surface area contributed by atoms with Gasteiger partial charge in [-0.15, -0.1) is 0 Å². The van der Waals surface area contributed by atoms with Crippen LogP contribution in [-0.2, 0) is 9.47 Å². The Kier molecular flexibility index (Phi) is 5.00. The molecule has 0 bridgehead atoms. The minimum absolute atomic E-state index is 0.0630. The fraction of sp³-hybridized carbons (Fsp3) is 0.562. The van der Waals surface area contributed by atoms with Crippen LogP contribution in [0.1, 0.15) is 11.6 Å². The van der Waals surface area contributed by atoms with E-state index in [2.05, 4.69) is 10.6 Å². The second kappa shape index (κ2) is 7.16. The highest BCUT2D eigenvalue weighted by Gasteiger charge is 2.34. The topological polar surface area (TPSA) is 89.1 Å². The van der Waals surface area contributed by atoms with E-state index in [1.165, 1.54) is 0 Å². The number of aliphatic hydroxyl groups is 1. The molecule has 1 aromatic carbocycles. The first-order chi connectivity index (χ1) is 11.2. The van der Waals surface area contributed by atoms with Crippen LogP contribution in [0.25, 0.3) is 0 Å². The Morgan fingerprint density at radius 1 is 1.30 bits per heavy atom. The summed E-state index contributed by atoms with van der Waals surface area (Å²) in [6.07, 6.45) is -0.142. The summed E-state index contributed by atoms with van der Waals surface area (Å²) in [6.45, 7) is 1.21. The molecular formula is C16H22N2O5. The van der Waals surface area contributed by atoms with E-state index in [1.807, 2.05) is 24.3 Å². The van der Waals surface area contributed by atoms with Crippen LogP contribution in [0.4, 0.5) is 4.79 Å². The summed E-state index contributed by atoms with van der Waals surface area (Å²) in [6, 6.07) is 6.76. The summed E-state index contributed by atoms with van der Waals surface area (Å²) in [5.74, 6) is 0.551. The first kappa shape index (κ1) is 16.0. The fourth-order valence-electron chi connectivity index (χ4n) is 3.02. The first-order valence-corrected chi connectivity index (χ1v) is 7.73. The number of hydrogen-bond donors (Lipinski definition) is 3. The van der Waals surface area contributed by atoms with Crippen molar-refractivity contribution in [1.29, 1.82) is 0 Å². The highest BCUT2D eigenvalue weighted by Crippen LogP contribution is 2.34. The fourth-order valence-corrected chi connectivity index (χ4v) is 3.02. The summed E-state index contributed by atoms with van der Waals surface area (Å²) in [5, 5.41) is 15.4. The van der Waals surface area contributed by atoms with Crippen molar-refractivity contribution in [2.24, 2.45) is 5.92 Å². The van der Waals surface area contributed by atoms with E-state index in [-0.39, 0.29) is 36.7 Å². The molecule has 1 fully saturated rings. The SMILES string of the molecule is CO[C@@H]1COC[C@@H]1NC(=O)N[C@H]1c2ccccc2OC[C@H]1CO. The average Bonchev–Trinajstić information content (AvgIpc) is 3.02. The molecule has 1 saturated heterocycles. The Labute approximate surface area is 134 Å². The summed E-state index contributed by atoms with van der Waals surface area (Å²) in [4.78, 5) is 12.3. The van der Waals surface area contributed by atoms with Gasteiger partial charge >= 0.3 is 6.03 Å². The van der Waals surface area contributed by atoms with E-state index in [0.29, 0.717) is 19.8 Å². The molecule has 0 aliphatic carbocycles. The Hall–Kier alpha value is -1.83. The number of ether oxygens (including phenoxy) is 3. The number of para-hydroxylation sites is 1. The van der Waals surface area contributed by atoms with E-state index < -0.39 is 0 Å². The molecule has 2 heterocycles. The van der Waals surface area contributed by atoms with Gasteiger partial charge in [-0.25, -0.2) is 4.79 Å². The number of carbonyl (C=O) groups excluding carboxylic acids is 1. The standard InChI is InChI=1S/C16H22N2O5/c1-21-14-9-22-8-12(14)17-16(20)18-15-10(6-19)7-23-13-5-3-2-4-11(13)15/h2-5,10,12,14-15,19H,6-9H2,1H3,(H2,17,18,20)/t10-,12+,14-,15-/m1/s1. The Morgan fingerprint density at radius 3 is 2.91 bits per heavy atom. The van der Waals surface area contributed by atoms with Crippen LogP contribution in [0, 0.1) is 5.92 Å². The van der Waals surface area contributed by atoms with Gasteiger partial charge in [-0.3, -0.25) is 0 Å². The molecule has 7 nitrogen and oxygen atoms in total. The van der Waals surface area contributed by atoms with Crippen LogP contribution in [0.3, 0.4) is 0 Å². The van der Waals surface area contributed by atoms with Crippen molar-refractivity contribution in [2.75, 3.05) is 33.5 Å². The third kappa shape index (κ3) is 3.41.